The summed E-state index contributed by atoms with van der Waals surface area (Å²) >= 11 is 0. The largest absolute Gasteiger partial charge is 0.493 e. The molecule has 2 rings (SSSR count). The smallest absolute Gasteiger partial charge is 0.305 e. The summed E-state index contributed by atoms with van der Waals surface area (Å²) in [6.07, 6.45) is 0. The zero-order chi connectivity index (χ0) is 15.4. The Kier molecular flexibility index (Phi) is 4.00. The molecule has 1 aromatic carbocycles. The number of benzene rings is 1. The van der Waals surface area contributed by atoms with Crippen molar-refractivity contribution in [2.75, 3.05) is 14.2 Å². The van der Waals surface area contributed by atoms with Crippen molar-refractivity contribution in [2.24, 2.45) is 0 Å². The second-order valence-corrected chi connectivity index (χ2v) is 4.00. The number of hydrogen-bond donors (Lipinski definition) is 0. The number of nitro groups is 1. The van der Waals surface area contributed by atoms with Crippen LogP contribution in [0.3, 0.4) is 0 Å². The molecule has 7 nitrogen and oxygen atoms in total. The molecule has 1 heterocycles. The third kappa shape index (κ3) is 2.74. The Balaban J connectivity index is 2.53. The van der Waals surface area contributed by atoms with Crippen molar-refractivity contribution in [3.8, 4) is 28.8 Å². The third-order valence-corrected chi connectivity index (χ3v) is 2.86. The Morgan fingerprint density at radius 3 is 2.48 bits per heavy atom. The van der Waals surface area contributed by atoms with Gasteiger partial charge in [-0.25, -0.2) is 4.98 Å². The number of nitriles is 1. The molecular formula is C14H11N3O4. The molecule has 0 amide bonds. The number of nitrogens with zero attached hydrogens (tertiary/aromatic N) is 3. The Bertz CT molecular complexity index is 737. The molecule has 0 aliphatic carbocycles. The van der Waals surface area contributed by atoms with Crippen LogP contribution in [0.2, 0.25) is 0 Å². The van der Waals surface area contributed by atoms with Crippen molar-refractivity contribution in [1.82, 2.24) is 4.98 Å². The average molecular weight is 285 g/mol. The van der Waals surface area contributed by atoms with E-state index in [1.54, 1.807) is 24.3 Å². The van der Waals surface area contributed by atoms with E-state index in [1.165, 1.54) is 26.4 Å². The zero-order valence-electron chi connectivity index (χ0n) is 11.4. The van der Waals surface area contributed by atoms with Crippen LogP contribution in [0.25, 0.3) is 11.3 Å². The highest BCUT2D eigenvalue weighted by molar-refractivity contribution is 5.66. The molecule has 0 aliphatic rings. The first-order valence-electron chi connectivity index (χ1n) is 5.88. The van der Waals surface area contributed by atoms with Gasteiger partial charge in [0.2, 0.25) is 5.69 Å². The molecule has 0 radical (unpaired) electrons. The normalized spacial score (nSPS) is 9.76. The lowest BCUT2D eigenvalue weighted by molar-refractivity contribution is -0.385. The lowest BCUT2D eigenvalue weighted by atomic mass is 10.1. The van der Waals surface area contributed by atoms with E-state index in [0.717, 1.165) is 0 Å². The maximum atomic E-state index is 10.8. The molecule has 0 unspecified atom stereocenters. The first-order chi connectivity index (χ1) is 10.1. The van der Waals surface area contributed by atoms with Gasteiger partial charge >= 0.3 is 5.69 Å². The van der Waals surface area contributed by atoms with Gasteiger partial charge in [-0.05, 0) is 24.3 Å². The van der Waals surface area contributed by atoms with Crippen molar-refractivity contribution in [3.63, 3.8) is 0 Å². The molecule has 0 saturated heterocycles. The highest BCUT2D eigenvalue weighted by atomic mass is 16.6. The van der Waals surface area contributed by atoms with Gasteiger partial charge in [0.25, 0.3) is 0 Å². The molecule has 2 aromatic rings. The molecule has 7 heteroatoms. The minimum Gasteiger partial charge on any atom is -0.493 e. The van der Waals surface area contributed by atoms with Crippen molar-refractivity contribution >= 4 is 5.69 Å². The molecular weight excluding hydrogens is 274 g/mol. The summed E-state index contributed by atoms with van der Waals surface area (Å²) in [5, 5.41) is 19.8. The van der Waals surface area contributed by atoms with Gasteiger partial charge < -0.3 is 9.47 Å². The second kappa shape index (κ2) is 5.88. The Morgan fingerprint density at radius 1 is 1.19 bits per heavy atom. The summed E-state index contributed by atoms with van der Waals surface area (Å²) in [4.78, 5) is 14.2. The molecule has 0 saturated carbocycles. The lowest BCUT2D eigenvalue weighted by Crippen LogP contribution is -1.97. The first-order valence-corrected chi connectivity index (χ1v) is 5.88. The van der Waals surface area contributed by atoms with E-state index in [2.05, 4.69) is 4.98 Å². The highest BCUT2D eigenvalue weighted by Gasteiger charge is 2.16. The second-order valence-electron chi connectivity index (χ2n) is 4.00. The summed E-state index contributed by atoms with van der Waals surface area (Å²) in [5.74, 6) is 1.07. The molecule has 0 aliphatic heterocycles. The van der Waals surface area contributed by atoms with Crippen molar-refractivity contribution < 1.29 is 14.4 Å². The van der Waals surface area contributed by atoms with E-state index in [0.29, 0.717) is 22.8 Å². The zero-order valence-corrected chi connectivity index (χ0v) is 11.4. The molecule has 0 spiro atoms. The van der Waals surface area contributed by atoms with Gasteiger partial charge in [0.1, 0.15) is 6.07 Å². The topological polar surface area (TPSA) is 98.3 Å². The van der Waals surface area contributed by atoms with Crippen molar-refractivity contribution in [3.05, 3.63) is 46.1 Å². The van der Waals surface area contributed by atoms with Gasteiger partial charge in [0.05, 0.1) is 24.8 Å². The van der Waals surface area contributed by atoms with Gasteiger partial charge in [-0.15, -0.1) is 0 Å². The van der Waals surface area contributed by atoms with Crippen LogP contribution < -0.4 is 9.47 Å². The fourth-order valence-corrected chi connectivity index (χ4v) is 1.84. The van der Waals surface area contributed by atoms with Crippen LogP contribution in [-0.4, -0.2) is 24.1 Å². The minimum absolute atomic E-state index is 0.229. The fraction of sp³-hybridized carbons (Fsp3) is 0.143. The molecule has 21 heavy (non-hydrogen) atoms. The molecule has 106 valence electrons. The van der Waals surface area contributed by atoms with Gasteiger partial charge in [-0.3, -0.25) is 10.1 Å². The van der Waals surface area contributed by atoms with Crippen LogP contribution in [0, 0.1) is 21.4 Å². The van der Waals surface area contributed by atoms with Crippen LogP contribution in [0.1, 0.15) is 5.69 Å². The lowest BCUT2D eigenvalue weighted by Gasteiger charge is -2.09. The van der Waals surface area contributed by atoms with E-state index < -0.39 is 4.92 Å². The third-order valence-electron chi connectivity index (χ3n) is 2.86. The standard InChI is InChI=1S/C14H11N3O4/c1-20-13-6-3-9(7-14(13)21-2)10-4-5-12(17(18)19)11(8-15)16-10/h3-7H,1-2H3. The molecule has 0 atom stereocenters. The number of rotatable bonds is 4. The van der Waals surface area contributed by atoms with Crippen LogP contribution in [0.4, 0.5) is 5.69 Å². The monoisotopic (exact) mass is 285 g/mol. The van der Waals surface area contributed by atoms with Crippen LogP contribution in [-0.2, 0) is 0 Å². The number of hydrogen-bond acceptors (Lipinski definition) is 6. The highest BCUT2D eigenvalue weighted by Crippen LogP contribution is 2.32. The summed E-state index contributed by atoms with van der Waals surface area (Å²) in [6, 6.07) is 9.60. The molecule has 1 aromatic heterocycles. The van der Waals surface area contributed by atoms with Crippen molar-refractivity contribution in [1.29, 1.82) is 5.26 Å². The maximum Gasteiger partial charge on any atom is 0.305 e. The van der Waals surface area contributed by atoms with Crippen LogP contribution >= 0.6 is 0 Å². The predicted octanol–water partition coefficient (Wildman–Crippen LogP) is 2.55. The van der Waals surface area contributed by atoms with E-state index in [-0.39, 0.29) is 11.4 Å². The van der Waals surface area contributed by atoms with Crippen molar-refractivity contribution in [2.45, 2.75) is 0 Å². The first kappa shape index (κ1) is 14.3. The molecule has 0 fully saturated rings. The number of methoxy groups -OCH3 is 2. The quantitative estimate of drug-likeness (QED) is 0.632. The summed E-state index contributed by atoms with van der Waals surface area (Å²) in [7, 11) is 3.03. The van der Waals surface area contributed by atoms with Crippen LogP contribution in [0.15, 0.2) is 30.3 Å². The minimum atomic E-state index is -0.635. The van der Waals surface area contributed by atoms with E-state index >= 15 is 0 Å². The Hall–Kier alpha value is -3.14. The number of pyridine rings is 1. The Labute approximate surface area is 120 Å². The SMILES string of the molecule is COc1ccc(-c2ccc([N+](=O)[O-])c(C#N)n2)cc1OC. The van der Waals surface area contributed by atoms with E-state index in [4.69, 9.17) is 14.7 Å². The maximum absolute atomic E-state index is 10.8. The summed E-state index contributed by atoms with van der Waals surface area (Å²) in [5.41, 5.74) is 0.561. The van der Waals surface area contributed by atoms with Gasteiger partial charge in [-0.1, -0.05) is 0 Å². The van der Waals surface area contributed by atoms with Gasteiger partial charge in [0.15, 0.2) is 11.5 Å². The van der Waals surface area contributed by atoms with Crippen LogP contribution in [0.5, 0.6) is 11.5 Å². The predicted molar refractivity (Wildman–Crippen MR) is 74.1 cm³/mol. The summed E-state index contributed by atoms with van der Waals surface area (Å²) in [6.45, 7) is 0. The Morgan fingerprint density at radius 2 is 1.90 bits per heavy atom. The molecule has 0 N–H and O–H groups in total. The number of aromatic nitrogens is 1. The van der Waals surface area contributed by atoms with Gasteiger partial charge in [0, 0.05) is 11.6 Å². The fourth-order valence-electron chi connectivity index (χ4n) is 1.84. The molecule has 0 bridgehead atoms. The number of ether oxygens (including phenoxy) is 2. The summed E-state index contributed by atoms with van der Waals surface area (Å²) < 4.78 is 10.3. The van der Waals surface area contributed by atoms with E-state index in [9.17, 15) is 10.1 Å². The van der Waals surface area contributed by atoms with E-state index in [1.807, 2.05) is 0 Å². The van der Waals surface area contributed by atoms with Gasteiger partial charge in [-0.2, -0.15) is 5.26 Å². The average Bonchev–Trinajstić information content (AvgIpc) is 2.53.